The molecule has 0 bridgehead atoms. The summed E-state index contributed by atoms with van der Waals surface area (Å²) in [4.78, 5) is 2.49. The minimum Gasteiger partial charge on any atom is -0.396 e. The highest BCUT2D eigenvalue weighted by Gasteiger charge is 2.23. The van der Waals surface area contributed by atoms with Crippen molar-refractivity contribution in [1.82, 2.24) is 4.90 Å². The molecule has 2 unspecified atom stereocenters. The van der Waals surface area contributed by atoms with Crippen molar-refractivity contribution in [3.63, 3.8) is 0 Å². The topological polar surface area (TPSA) is 23.5 Å². The summed E-state index contributed by atoms with van der Waals surface area (Å²) in [5, 5.41) is 9.50. The van der Waals surface area contributed by atoms with Gasteiger partial charge in [-0.25, -0.2) is 0 Å². The largest absolute Gasteiger partial charge is 0.396 e. The van der Waals surface area contributed by atoms with Crippen LogP contribution in [0.2, 0.25) is 0 Å². The molecule has 2 heteroatoms. The highest BCUT2D eigenvalue weighted by molar-refractivity contribution is 5.20. The second-order valence-corrected chi connectivity index (χ2v) is 4.78. The molecule has 1 heterocycles. The second kappa shape index (κ2) is 5.46. The molecule has 2 nitrogen and oxygen atoms in total. The molecule has 1 saturated heterocycles. The lowest BCUT2D eigenvalue weighted by Gasteiger charge is -2.26. The quantitative estimate of drug-likeness (QED) is 0.839. The van der Waals surface area contributed by atoms with Crippen LogP contribution in [0.25, 0.3) is 0 Å². The minimum absolute atomic E-state index is 0.243. The number of nitrogens with zero attached hydrogens (tertiary/aromatic N) is 1. The fourth-order valence-electron chi connectivity index (χ4n) is 2.54. The number of benzene rings is 1. The average Bonchev–Trinajstić information content (AvgIpc) is 2.73. The van der Waals surface area contributed by atoms with Crippen molar-refractivity contribution < 1.29 is 5.11 Å². The van der Waals surface area contributed by atoms with Gasteiger partial charge in [0, 0.05) is 18.5 Å². The Hall–Kier alpha value is -0.860. The molecule has 0 radical (unpaired) electrons. The van der Waals surface area contributed by atoms with E-state index in [-0.39, 0.29) is 12.5 Å². The molecule has 0 amide bonds. The zero-order chi connectivity index (χ0) is 11.4. The van der Waals surface area contributed by atoms with Gasteiger partial charge in [0.1, 0.15) is 0 Å². The van der Waals surface area contributed by atoms with Gasteiger partial charge in [0.25, 0.3) is 0 Å². The van der Waals surface area contributed by atoms with E-state index in [1.165, 1.54) is 24.9 Å². The van der Waals surface area contributed by atoms with Gasteiger partial charge in [-0.2, -0.15) is 0 Å². The first-order chi connectivity index (χ1) is 7.81. The van der Waals surface area contributed by atoms with Crippen LogP contribution < -0.4 is 0 Å². The Kier molecular flexibility index (Phi) is 3.97. The molecular weight excluding hydrogens is 198 g/mol. The normalized spacial score (nSPS) is 23.5. The molecular formula is C14H21NO. The predicted octanol–water partition coefficient (Wildman–Crippen LogP) is 2.25. The van der Waals surface area contributed by atoms with Crippen molar-refractivity contribution in [2.75, 3.05) is 19.7 Å². The SMILES string of the molecule is CC1CCCN1CC(CO)c1ccccc1. The van der Waals surface area contributed by atoms with Gasteiger partial charge >= 0.3 is 0 Å². The molecule has 0 aliphatic carbocycles. The fourth-order valence-corrected chi connectivity index (χ4v) is 2.54. The van der Waals surface area contributed by atoms with E-state index in [0.717, 1.165) is 6.54 Å². The van der Waals surface area contributed by atoms with Gasteiger partial charge in [-0.05, 0) is 31.9 Å². The minimum atomic E-state index is 0.243. The van der Waals surface area contributed by atoms with Crippen LogP contribution in [0.3, 0.4) is 0 Å². The lowest BCUT2D eigenvalue weighted by molar-refractivity contribution is 0.196. The van der Waals surface area contributed by atoms with Crippen LogP contribution in [0, 0.1) is 0 Å². The van der Waals surface area contributed by atoms with Crippen LogP contribution in [0.1, 0.15) is 31.2 Å². The smallest absolute Gasteiger partial charge is 0.0512 e. The van der Waals surface area contributed by atoms with E-state index in [1.54, 1.807) is 0 Å². The van der Waals surface area contributed by atoms with Crippen LogP contribution in [0.15, 0.2) is 30.3 Å². The zero-order valence-electron chi connectivity index (χ0n) is 9.97. The molecule has 88 valence electrons. The summed E-state index contributed by atoms with van der Waals surface area (Å²) in [6.07, 6.45) is 2.60. The highest BCUT2D eigenvalue weighted by Crippen LogP contribution is 2.22. The Balaban J connectivity index is 2.00. The highest BCUT2D eigenvalue weighted by atomic mass is 16.3. The monoisotopic (exact) mass is 219 g/mol. The lowest BCUT2D eigenvalue weighted by Crippen LogP contribution is -2.32. The summed E-state index contributed by atoms with van der Waals surface area (Å²) >= 11 is 0. The molecule has 1 aromatic carbocycles. The van der Waals surface area contributed by atoms with E-state index in [4.69, 9.17) is 0 Å². The number of rotatable bonds is 4. The van der Waals surface area contributed by atoms with Crippen molar-refractivity contribution in [3.05, 3.63) is 35.9 Å². The molecule has 2 atom stereocenters. The van der Waals surface area contributed by atoms with Gasteiger partial charge in [-0.15, -0.1) is 0 Å². The van der Waals surface area contributed by atoms with E-state index in [1.807, 2.05) is 18.2 Å². The summed E-state index contributed by atoms with van der Waals surface area (Å²) in [7, 11) is 0. The summed E-state index contributed by atoms with van der Waals surface area (Å²) in [6.45, 7) is 4.70. The third kappa shape index (κ3) is 2.63. The molecule has 1 aromatic rings. The van der Waals surface area contributed by atoms with Gasteiger partial charge in [0.15, 0.2) is 0 Å². The molecule has 1 aliphatic rings. The Morgan fingerprint density at radius 3 is 2.69 bits per heavy atom. The third-order valence-electron chi connectivity index (χ3n) is 3.64. The number of hydrogen-bond donors (Lipinski definition) is 1. The van der Waals surface area contributed by atoms with Gasteiger partial charge in [-0.1, -0.05) is 30.3 Å². The van der Waals surface area contributed by atoms with E-state index in [2.05, 4.69) is 24.0 Å². The number of aliphatic hydroxyl groups is 1. The summed E-state index contributed by atoms with van der Waals surface area (Å²) in [5.41, 5.74) is 1.25. The first-order valence-corrected chi connectivity index (χ1v) is 6.21. The van der Waals surface area contributed by atoms with Gasteiger partial charge < -0.3 is 5.11 Å². The fraction of sp³-hybridized carbons (Fsp3) is 0.571. The van der Waals surface area contributed by atoms with Crippen molar-refractivity contribution >= 4 is 0 Å². The summed E-state index contributed by atoms with van der Waals surface area (Å²) < 4.78 is 0. The van der Waals surface area contributed by atoms with E-state index in [0.29, 0.717) is 6.04 Å². The van der Waals surface area contributed by atoms with Gasteiger partial charge in [0.2, 0.25) is 0 Å². The standard InChI is InChI=1S/C14H21NO/c1-12-6-5-9-15(12)10-14(11-16)13-7-3-2-4-8-13/h2-4,7-8,12,14,16H,5-6,9-11H2,1H3. The first kappa shape index (κ1) is 11.6. The van der Waals surface area contributed by atoms with Gasteiger partial charge in [0.05, 0.1) is 6.61 Å². The molecule has 2 rings (SSSR count). The molecule has 0 saturated carbocycles. The Morgan fingerprint density at radius 2 is 2.12 bits per heavy atom. The summed E-state index contributed by atoms with van der Waals surface area (Å²) in [6, 6.07) is 11.0. The predicted molar refractivity (Wildman–Crippen MR) is 66.5 cm³/mol. The summed E-state index contributed by atoms with van der Waals surface area (Å²) in [5.74, 6) is 0.266. The third-order valence-corrected chi connectivity index (χ3v) is 3.64. The lowest BCUT2D eigenvalue weighted by atomic mass is 9.99. The van der Waals surface area contributed by atoms with Crippen molar-refractivity contribution in [2.24, 2.45) is 0 Å². The second-order valence-electron chi connectivity index (χ2n) is 4.78. The van der Waals surface area contributed by atoms with Crippen LogP contribution in [0.5, 0.6) is 0 Å². The maximum Gasteiger partial charge on any atom is 0.0512 e. The van der Waals surface area contributed by atoms with E-state index >= 15 is 0 Å². The Morgan fingerprint density at radius 1 is 1.38 bits per heavy atom. The van der Waals surface area contributed by atoms with Crippen molar-refractivity contribution in [3.8, 4) is 0 Å². The Labute approximate surface area is 97.9 Å². The number of likely N-dealkylation sites (tertiary alicyclic amines) is 1. The van der Waals surface area contributed by atoms with E-state index < -0.39 is 0 Å². The van der Waals surface area contributed by atoms with Crippen LogP contribution >= 0.6 is 0 Å². The molecule has 1 N–H and O–H groups in total. The van der Waals surface area contributed by atoms with E-state index in [9.17, 15) is 5.11 Å². The maximum absolute atomic E-state index is 9.50. The molecule has 1 fully saturated rings. The van der Waals surface area contributed by atoms with Crippen LogP contribution in [-0.2, 0) is 0 Å². The zero-order valence-corrected chi connectivity index (χ0v) is 9.97. The molecule has 1 aliphatic heterocycles. The average molecular weight is 219 g/mol. The molecule has 0 spiro atoms. The van der Waals surface area contributed by atoms with Crippen LogP contribution in [-0.4, -0.2) is 35.7 Å². The molecule has 16 heavy (non-hydrogen) atoms. The van der Waals surface area contributed by atoms with Crippen molar-refractivity contribution in [2.45, 2.75) is 31.7 Å². The van der Waals surface area contributed by atoms with Crippen LogP contribution in [0.4, 0.5) is 0 Å². The first-order valence-electron chi connectivity index (χ1n) is 6.21. The molecule has 0 aromatic heterocycles. The Bertz CT molecular complexity index is 312. The van der Waals surface area contributed by atoms with Gasteiger partial charge in [-0.3, -0.25) is 4.90 Å². The van der Waals surface area contributed by atoms with Crippen molar-refractivity contribution in [1.29, 1.82) is 0 Å². The maximum atomic E-state index is 9.50. The number of aliphatic hydroxyl groups excluding tert-OH is 1. The number of hydrogen-bond acceptors (Lipinski definition) is 2.